The smallest absolute Gasteiger partial charge is 0.154 e. The predicted molar refractivity (Wildman–Crippen MR) is 68.5 cm³/mol. The molecule has 1 rings (SSSR count). The quantitative estimate of drug-likeness (QED) is 0.883. The maximum Gasteiger partial charge on any atom is 0.154 e. The molecule has 0 aliphatic rings. The number of anilines is 1. The molecule has 0 saturated heterocycles. The standard InChI is InChI=1S/C12H18FNO2S/c1-9(2)17(15,16)7-6-14-12-8-10(3)4-5-11(12)13/h4-5,8-9,14H,6-7H2,1-3H3. The van der Waals surface area contributed by atoms with Crippen LogP contribution in [0.25, 0.3) is 0 Å². The molecule has 1 N–H and O–H groups in total. The molecule has 0 heterocycles. The Morgan fingerprint density at radius 2 is 2.00 bits per heavy atom. The zero-order valence-corrected chi connectivity index (χ0v) is 11.1. The molecule has 0 radical (unpaired) electrons. The Kier molecular flexibility index (Phi) is 4.51. The first kappa shape index (κ1) is 14.0. The van der Waals surface area contributed by atoms with E-state index in [-0.39, 0.29) is 18.1 Å². The van der Waals surface area contributed by atoms with Crippen molar-refractivity contribution in [3.05, 3.63) is 29.6 Å². The van der Waals surface area contributed by atoms with Gasteiger partial charge in [-0.1, -0.05) is 6.07 Å². The van der Waals surface area contributed by atoms with Crippen LogP contribution >= 0.6 is 0 Å². The average molecular weight is 259 g/mol. The predicted octanol–water partition coefficient (Wildman–Crippen LogP) is 2.37. The number of halogens is 1. The van der Waals surface area contributed by atoms with Crippen LogP contribution in [-0.4, -0.2) is 26.0 Å². The Labute approximate surface area is 102 Å². The number of hydrogen-bond donors (Lipinski definition) is 1. The van der Waals surface area contributed by atoms with Crippen LogP contribution in [0.5, 0.6) is 0 Å². The van der Waals surface area contributed by atoms with Crippen LogP contribution in [0.3, 0.4) is 0 Å². The lowest BCUT2D eigenvalue weighted by Gasteiger charge is -2.10. The van der Waals surface area contributed by atoms with E-state index < -0.39 is 15.1 Å². The SMILES string of the molecule is Cc1ccc(F)c(NCCS(=O)(=O)C(C)C)c1. The van der Waals surface area contributed by atoms with Gasteiger partial charge in [0.15, 0.2) is 9.84 Å². The van der Waals surface area contributed by atoms with E-state index in [1.54, 1.807) is 26.0 Å². The second kappa shape index (κ2) is 5.49. The number of rotatable bonds is 5. The minimum absolute atomic E-state index is 0.0120. The van der Waals surface area contributed by atoms with E-state index in [1.807, 2.05) is 6.92 Å². The van der Waals surface area contributed by atoms with Crippen LogP contribution in [0.1, 0.15) is 19.4 Å². The van der Waals surface area contributed by atoms with Crippen molar-refractivity contribution in [2.45, 2.75) is 26.0 Å². The normalized spacial score (nSPS) is 11.8. The van der Waals surface area contributed by atoms with Crippen molar-refractivity contribution in [1.82, 2.24) is 0 Å². The van der Waals surface area contributed by atoms with Gasteiger partial charge < -0.3 is 5.32 Å². The monoisotopic (exact) mass is 259 g/mol. The van der Waals surface area contributed by atoms with Gasteiger partial charge in [-0.15, -0.1) is 0 Å². The summed E-state index contributed by atoms with van der Waals surface area (Å²) in [7, 11) is -3.08. The van der Waals surface area contributed by atoms with Gasteiger partial charge in [0, 0.05) is 6.54 Å². The molecule has 1 aromatic rings. The fourth-order valence-electron chi connectivity index (χ4n) is 1.34. The van der Waals surface area contributed by atoms with Crippen LogP contribution < -0.4 is 5.32 Å². The van der Waals surface area contributed by atoms with Crippen molar-refractivity contribution in [2.75, 3.05) is 17.6 Å². The van der Waals surface area contributed by atoms with Gasteiger partial charge in [0.05, 0.1) is 16.7 Å². The Morgan fingerprint density at radius 3 is 2.59 bits per heavy atom. The molecule has 0 amide bonds. The van der Waals surface area contributed by atoms with Gasteiger partial charge in [0.1, 0.15) is 5.82 Å². The fourth-order valence-corrected chi connectivity index (χ4v) is 2.20. The summed E-state index contributed by atoms with van der Waals surface area (Å²) in [5.74, 6) is -0.351. The highest BCUT2D eigenvalue weighted by Gasteiger charge is 2.15. The summed E-state index contributed by atoms with van der Waals surface area (Å²) in [6.45, 7) is 5.36. The second-order valence-electron chi connectivity index (χ2n) is 4.33. The van der Waals surface area contributed by atoms with E-state index in [9.17, 15) is 12.8 Å². The molecule has 0 saturated carbocycles. The molecular formula is C12H18FNO2S. The topological polar surface area (TPSA) is 46.2 Å². The zero-order valence-electron chi connectivity index (χ0n) is 10.3. The molecule has 96 valence electrons. The first-order valence-electron chi connectivity index (χ1n) is 5.54. The van der Waals surface area contributed by atoms with Gasteiger partial charge in [0.25, 0.3) is 0 Å². The number of hydrogen-bond acceptors (Lipinski definition) is 3. The van der Waals surface area contributed by atoms with E-state index in [0.717, 1.165) is 5.56 Å². The highest BCUT2D eigenvalue weighted by atomic mass is 32.2. The second-order valence-corrected chi connectivity index (χ2v) is 7.00. The molecule has 17 heavy (non-hydrogen) atoms. The highest BCUT2D eigenvalue weighted by molar-refractivity contribution is 7.92. The van der Waals surface area contributed by atoms with Gasteiger partial charge in [-0.2, -0.15) is 0 Å². The molecule has 0 aromatic heterocycles. The molecule has 0 aliphatic heterocycles. The molecule has 3 nitrogen and oxygen atoms in total. The third-order valence-corrected chi connectivity index (χ3v) is 4.75. The highest BCUT2D eigenvalue weighted by Crippen LogP contribution is 2.15. The molecular weight excluding hydrogens is 241 g/mol. The Bertz CT molecular complexity index is 483. The van der Waals surface area contributed by atoms with E-state index in [2.05, 4.69) is 5.32 Å². The lowest BCUT2D eigenvalue weighted by molar-refractivity contribution is 0.587. The maximum atomic E-state index is 13.3. The number of benzene rings is 1. The molecule has 0 aliphatic carbocycles. The fraction of sp³-hybridized carbons (Fsp3) is 0.500. The summed E-state index contributed by atoms with van der Waals surface area (Å²) in [5, 5.41) is 2.41. The van der Waals surface area contributed by atoms with Crippen LogP contribution in [0.15, 0.2) is 18.2 Å². The molecule has 5 heteroatoms. The minimum atomic E-state index is -3.08. The van der Waals surface area contributed by atoms with Crippen LogP contribution in [0.4, 0.5) is 10.1 Å². The largest absolute Gasteiger partial charge is 0.382 e. The lowest BCUT2D eigenvalue weighted by Crippen LogP contribution is -2.23. The Hall–Kier alpha value is -1.10. The van der Waals surface area contributed by atoms with E-state index in [1.165, 1.54) is 6.07 Å². The van der Waals surface area contributed by atoms with Gasteiger partial charge in [-0.25, -0.2) is 12.8 Å². The van der Waals surface area contributed by atoms with Gasteiger partial charge >= 0.3 is 0 Å². The summed E-state index contributed by atoms with van der Waals surface area (Å²) in [4.78, 5) is 0. The molecule has 0 unspecified atom stereocenters. The summed E-state index contributed by atoms with van der Waals surface area (Å²) in [6, 6.07) is 4.71. The summed E-state index contributed by atoms with van der Waals surface area (Å²) < 4.78 is 36.4. The minimum Gasteiger partial charge on any atom is -0.382 e. The van der Waals surface area contributed by atoms with Crippen LogP contribution in [-0.2, 0) is 9.84 Å². The third kappa shape index (κ3) is 4.00. The summed E-state index contributed by atoms with van der Waals surface area (Å²) in [5.41, 5.74) is 1.28. The van der Waals surface area contributed by atoms with Gasteiger partial charge in [-0.3, -0.25) is 0 Å². The molecule has 0 fully saturated rings. The molecule has 0 spiro atoms. The Balaban J connectivity index is 2.60. The van der Waals surface area contributed by atoms with Crippen LogP contribution in [0.2, 0.25) is 0 Å². The summed E-state index contributed by atoms with van der Waals surface area (Å²) >= 11 is 0. The third-order valence-electron chi connectivity index (χ3n) is 2.54. The van der Waals surface area contributed by atoms with Crippen LogP contribution in [0, 0.1) is 12.7 Å². The number of sulfone groups is 1. The summed E-state index contributed by atoms with van der Waals surface area (Å²) in [6.07, 6.45) is 0. The zero-order chi connectivity index (χ0) is 13.1. The van der Waals surface area contributed by atoms with E-state index >= 15 is 0 Å². The first-order chi connectivity index (χ1) is 7.83. The van der Waals surface area contributed by atoms with Crippen molar-refractivity contribution in [3.8, 4) is 0 Å². The molecule has 0 bridgehead atoms. The van der Waals surface area contributed by atoms with Crippen molar-refractivity contribution in [1.29, 1.82) is 0 Å². The van der Waals surface area contributed by atoms with E-state index in [0.29, 0.717) is 5.69 Å². The number of aryl methyl sites for hydroxylation is 1. The lowest BCUT2D eigenvalue weighted by atomic mass is 10.2. The Morgan fingerprint density at radius 1 is 1.35 bits per heavy atom. The van der Waals surface area contributed by atoms with Gasteiger partial charge in [0.2, 0.25) is 0 Å². The maximum absolute atomic E-state index is 13.3. The molecule has 1 aromatic carbocycles. The van der Waals surface area contributed by atoms with Crippen molar-refractivity contribution < 1.29 is 12.8 Å². The average Bonchev–Trinajstić information content (AvgIpc) is 2.22. The van der Waals surface area contributed by atoms with Gasteiger partial charge in [-0.05, 0) is 38.5 Å². The molecule has 0 atom stereocenters. The number of nitrogens with one attached hydrogen (secondary N) is 1. The first-order valence-corrected chi connectivity index (χ1v) is 7.26. The van der Waals surface area contributed by atoms with Crippen molar-refractivity contribution >= 4 is 15.5 Å². The van der Waals surface area contributed by atoms with E-state index in [4.69, 9.17) is 0 Å². The van der Waals surface area contributed by atoms with Crippen molar-refractivity contribution in [3.63, 3.8) is 0 Å². The van der Waals surface area contributed by atoms with Crippen molar-refractivity contribution in [2.24, 2.45) is 0 Å².